The summed E-state index contributed by atoms with van der Waals surface area (Å²) in [5.41, 5.74) is 1.07. The largest absolute Gasteiger partial charge is 0.466 e. The maximum absolute atomic E-state index is 13.1. The number of ether oxygens (including phenoxy) is 2. The van der Waals surface area contributed by atoms with E-state index < -0.39 is 0 Å². The monoisotopic (exact) mass is 317 g/mol. The highest BCUT2D eigenvalue weighted by atomic mass is 19.1. The lowest BCUT2D eigenvalue weighted by Crippen LogP contribution is -2.18. The summed E-state index contributed by atoms with van der Waals surface area (Å²) in [7, 11) is 0. The maximum atomic E-state index is 13.1. The summed E-state index contributed by atoms with van der Waals surface area (Å²) in [6, 6.07) is 13.5. The lowest BCUT2D eigenvalue weighted by molar-refractivity contribution is -0.142. The van der Waals surface area contributed by atoms with Crippen LogP contribution in [-0.4, -0.2) is 19.1 Å². The maximum Gasteiger partial charge on any atom is 0.307 e. The summed E-state index contributed by atoms with van der Waals surface area (Å²) < 4.78 is 23.5. The van der Waals surface area contributed by atoms with E-state index in [9.17, 15) is 9.18 Å². The molecule has 0 saturated carbocycles. The van der Waals surface area contributed by atoms with Crippen LogP contribution in [0.15, 0.2) is 48.5 Å². The summed E-state index contributed by atoms with van der Waals surface area (Å²) in [5, 5.41) is 3.18. The SMILES string of the molecule is CCOC(=O)CCNCc1ccc(Oc2cccc(F)c2)cc1. The van der Waals surface area contributed by atoms with Crippen molar-refractivity contribution >= 4 is 5.97 Å². The van der Waals surface area contributed by atoms with Gasteiger partial charge in [0.1, 0.15) is 17.3 Å². The van der Waals surface area contributed by atoms with E-state index in [0.717, 1.165) is 5.56 Å². The molecule has 2 rings (SSSR count). The van der Waals surface area contributed by atoms with Crippen molar-refractivity contribution < 1.29 is 18.7 Å². The van der Waals surface area contributed by atoms with Crippen molar-refractivity contribution in [1.82, 2.24) is 5.32 Å². The van der Waals surface area contributed by atoms with Crippen molar-refractivity contribution in [2.75, 3.05) is 13.2 Å². The second-order valence-corrected chi connectivity index (χ2v) is 4.94. The van der Waals surface area contributed by atoms with E-state index in [0.29, 0.717) is 37.6 Å². The Morgan fingerprint density at radius 2 is 1.91 bits per heavy atom. The highest BCUT2D eigenvalue weighted by Crippen LogP contribution is 2.22. The lowest BCUT2D eigenvalue weighted by Gasteiger charge is -2.08. The third-order valence-electron chi connectivity index (χ3n) is 3.10. The van der Waals surface area contributed by atoms with Crippen LogP contribution < -0.4 is 10.1 Å². The first kappa shape index (κ1) is 17.0. The van der Waals surface area contributed by atoms with Gasteiger partial charge in [0.2, 0.25) is 0 Å². The Hall–Kier alpha value is -2.40. The molecule has 5 heteroatoms. The van der Waals surface area contributed by atoms with Gasteiger partial charge in [0.05, 0.1) is 13.0 Å². The molecule has 122 valence electrons. The Kier molecular flexibility index (Phi) is 6.56. The number of hydrogen-bond donors (Lipinski definition) is 1. The van der Waals surface area contributed by atoms with Crippen molar-refractivity contribution in [3.8, 4) is 11.5 Å². The molecule has 0 aliphatic rings. The van der Waals surface area contributed by atoms with E-state index in [2.05, 4.69) is 5.32 Å². The highest BCUT2D eigenvalue weighted by molar-refractivity contribution is 5.69. The summed E-state index contributed by atoms with van der Waals surface area (Å²) >= 11 is 0. The van der Waals surface area contributed by atoms with Gasteiger partial charge in [-0.15, -0.1) is 0 Å². The fourth-order valence-electron chi connectivity index (χ4n) is 2.00. The molecule has 0 atom stereocenters. The van der Waals surface area contributed by atoms with Gasteiger partial charge >= 0.3 is 5.97 Å². The van der Waals surface area contributed by atoms with Crippen molar-refractivity contribution in [1.29, 1.82) is 0 Å². The van der Waals surface area contributed by atoms with Crippen LogP contribution in [0.3, 0.4) is 0 Å². The first-order valence-corrected chi connectivity index (χ1v) is 7.56. The Labute approximate surface area is 135 Å². The van der Waals surface area contributed by atoms with E-state index in [1.54, 1.807) is 19.1 Å². The van der Waals surface area contributed by atoms with Gasteiger partial charge in [0.25, 0.3) is 0 Å². The van der Waals surface area contributed by atoms with Gasteiger partial charge in [-0.05, 0) is 36.8 Å². The van der Waals surface area contributed by atoms with Crippen LogP contribution in [0.2, 0.25) is 0 Å². The molecular weight excluding hydrogens is 297 g/mol. The van der Waals surface area contributed by atoms with Crippen LogP contribution in [0.5, 0.6) is 11.5 Å². The number of halogens is 1. The minimum absolute atomic E-state index is 0.196. The molecule has 0 radical (unpaired) electrons. The zero-order valence-corrected chi connectivity index (χ0v) is 13.0. The number of esters is 1. The minimum Gasteiger partial charge on any atom is -0.466 e. The van der Waals surface area contributed by atoms with Crippen LogP contribution in [0.4, 0.5) is 4.39 Å². The Bertz CT molecular complexity index is 628. The minimum atomic E-state index is -0.329. The summed E-state index contributed by atoms with van der Waals surface area (Å²) in [5.74, 6) is 0.583. The molecule has 0 bridgehead atoms. The summed E-state index contributed by atoms with van der Waals surface area (Å²) in [4.78, 5) is 11.2. The van der Waals surface area contributed by atoms with E-state index >= 15 is 0 Å². The molecule has 0 aliphatic heterocycles. The van der Waals surface area contributed by atoms with Gasteiger partial charge in [0.15, 0.2) is 0 Å². The molecule has 0 amide bonds. The zero-order chi connectivity index (χ0) is 16.5. The van der Waals surface area contributed by atoms with Crippen LogP contribution in [0.1, 0.15) is 18.9 Å². The second kappa shape index (κ2) is 8.90. The molecule has 23 heavy (non-hydrogen) atoms. The van der Waals surface area contributed by atoms with Crippen molar-refractivity contribution in [3.05, 3.63) is 59.9 Å². The summed E-state index contributed by atoms with van der Waals surface area (Å²) in [6.07, 6.45) is 0.356. The van der Waals surface area contributed by atoms with E-state index in [4.69, 9.17) is 9.47 Å². The number of nitrogens with one attached hydrogen (secondary N) is 1. The van der Waals surface area contributed by atoms with Crippen molar-refractivity contribution in [2.24, 2.45) is 0 Å². The molecule has 2 aromatic rings. The Morgan fingerprint density at radius 3 is 2.61 bits per heavy atom. The fourth-order valence-corrected chi connectivity index (χ4v) is 2.00. The van der Waals surface area contributed by atoms with Gasteiger partial charge in [-0.2, -0.15) is 0 Å². The topological polar surface area (TPSA) is 47.6 Å². The quantitative estimate of drug-likeness (QED) is 0.596. The smallest absolute Gasteiger partial charge is 0.307 e. The molecule has 0 saturated heterocycles. The lowest BCUT2D eigenvalue weighted by atomic mass is 10.2. The van der Waals surface area contributed by atoms with Crippen LogP contribution in [-0.2, 0) is 16.1 Å². The molecule has 1 N–H and O–H groups in total. The van der Waals surface area contributed by atoms with Gasteiger partial charge in [0, 0.05) is 19.2 Å². The van der Waals surface area contributed by atoms with Crippen LogP contribution in [0, 0.1) is 5.82 Å². The van der Waals surface area contributed by atoms with Gasteiger partial charge in [-0.25, -0.2) is 4.39 Å². The standard InChI is InChI=1S/C18H20FNO3/c1-2-22-18(21)10-11-20-13-14-6-8-16(9-7-14)23-17-5-3-4-15(19)12-17/h3-9,12,20H,2,10-11,13H2,1H3. The molecule has 2 aromatic carbocycles. The number of carbonyl (C=O) groups is 1. The van der Waals surface area contributed by atoms with Gasteiger partial charge in [-0.3, -0.25) is 4.79 Å². The zero-order valence-electron chi connectivity index (χ0n) is 13.0. The molecular formula is C18H20FNO3. The number of rotatable bonds is 8. The van der Waals surface area contributed by atoms with Crippen LogP contribution >= 0.6 is 0 Å². The normalized spacial score (nSPS) is 10.3. The van der Waals surface area contributed by atoms with Crippen LogP contribution in [0.25, 0.3) is 0 Å². The molecule has 0 unspecified atom stereocenters. The van der Waals surface area contributed by atoms with E-state index in [1.165, 1.54) is 12.1 Å². The molecule has 4 nitrogen and oxygen atoms in total. The predicted molar refractivity (Wildman–Crippen MR) is 85.9 cm³/mol. The molecule has 0 aliphatic carbocycles. The predicted octanol–water partition coefficient (Wildman–Crippen LogP) is 3.66. The van der Waals surface area contributed by atoms with Gasteiger partial charge in [-0.1, -0.05) is 18.2 Å². The first-order valence-electron chi connectivity index (χ1n) is 7.56. The number of carbonyl (C=O) groups excluding carboxylic acids is 1. The van der Waals surface area contributed by atoms with E-state index in [-0.39, 0.29) is 11.8 Å². The number of benzene rings is 2. The first-order chi connectivity index (χ1) is 11.2. The molecule has 0 heterocycles. The van der Waals surface area contributed by atoms with Crippen molar-refractivity contribution in [2.45, 2.75) is 19.9 Å². The highest BCUT2D eigenvalue weighted by Gasteiger charge is 2.02. The number of hydrogen-bond acceptors (Lipinski definition) is 4. The second-order valence-electron chi connectivity index (χ2n) is 4.94. The molecule has 0 spiro atoms. The average Bonchev–Trinajstić information content (AvgIpc) is 2.53. The molecule has 0 fully saturated rings. The third kappa shape index (κ3) is 6.08. The molecule has 0 aromatic heterocycles. The van der Waals surface area contributed by atoms with Gasteiger partial charge < -0.3 is 14.8 Å². The van der Waals surface area contributed by atoms with E-state index in [1.807, 2.05) is 24.3 Å². The average molecular weight is 317 g/mol. The Balaban J connectivity index is 1.77. The third-order valence-corrected chi connectivity index (χ3v) is 3.10. The fraction of sp³-hybridized carbons (Fsp3) is 0.278. The summed E-state index contributed by atoms with van der Waals surface area (Å²) in [6.45, 7) is 3.42. The van der Waals surface area contributed by atoms with Crippen molar-refractivity contribution in [3.63, 3.8) is 0 Å². The Morgan fingerprint density at radius 1 is 1.13 bits per heavy atom.